The zero-order valence-electron chi connectivity index (χ0n) is 12.7. The second-order valence-electron chi connectivity index (χ2n) is 6.42. The zero-order valence-corrected chi connectivity index (χ0v) is 13.5. The van der Waals surface area contributed by atoms with Gasteiger partial charge in [0.2, 0.25) is 0 Å². The van der Waals surface area contributed by atoms with Gasteiger partial charge in [-0.3, -0.25) is 5.32 Å². The van der Waals surface area contributed by atoms with Crippen molar-refractivity contribution in [2.75, 3.05) is 7.11 Å². The van der Waals surface area contributed by atoms with Crippen LogP contribution in [0.1, 0.15) is 50.2 Å². The van der Waals surface area contributed by atoms with Gasteiger partial charge in [0.15, 0.2) is 0 Å². The third-order valence-electron chi connectivity index (χ3n) is 5.00. The van der Waals surface area contributed by atoms with Crippen LogP contribution < -0.4 is 17.7 Å². The van der Waals surface area contributed by atoms with Gasteiger partial charge >= 0.3 is 5.97 Å². The number of methoxy groups -OCH3 is 1. The maximum Gasteiger partial charge on any atom is 0.330 e. The first-order chi connectivity index (χ1) is 9.60. The molecule has 0 aromatic heterocycles. The number of halogens is 1. The summed E-state index contributed by atoms with van der Waals surface area (Å²) in [5.74, 6) is -0.186. The molecule has 0 amide bonds. The van der Waals surface area contributed by atoms with Crippen molar-refractivity contribution in [2.45, 2.75) is 56.5 Å². The summed E-state index contributed by atoms with van der Waals surface area (Å²) in [5, 5.41) is 3.68. The summed E-state index contributed by atoms with van der Waals surface area (Å²) >= 11 is 0. The van der Waals surface area contributed by atoms with E-state index < -0.39 is 5.54 Å². The van der Waals surface area contributed by atoms with Crippen molar-refractivity contribution in [2.24, 2.45) is 0 Å². The van der Waals surface area contributed by atoms with Gasteiger partial charge in [0.25, 0.3) is 0 Å². The highest BCUT2D eigenvalue weighted by Gasteiger charge is 2.49. The number of benzene rings is 1. The van der Waals surface area contributed by atoms with Gasteiger partial charge in [-0.05, 0) is 37.3 Å². The first kappa shape index (κ1) is 16.3. The van der Waals surface area contributed by atoms with Gasteiger partial charge in [-0.15, -0.1) is 0 Å². The van der Waals surface area contributed by atoms with E-state index in [1.807, 2.05) is 13.0 Å². The van der Waals surface area contributed by atoms with E-state index in [2.05, 4.69) is 23.5 Å². The Labute approximate surface area is 132 Å². The van der Waals surface area contributed by atoms with Crippen LogP contribution in [0.3, 0.4) is 0 Å². The van der Waals surface area contributed by atoms with E-state index in [1.165, 1.54) is 31.9 Å². The van der Waals surface area contributed by atoms with Crippen molar-refractivity contribution in [3.63, 3.8) is 0 Å². The second-order valence-corrected chi connectivity index (χ2v) is 6.42. The molecule has 1 unspecified atom stereocenters. The molecular weight excluding hydrogens is 286 g/mol. The Morgan fingerprint density at radius 2 is 1.86 bits per heavy atom. The summed E-state index contributed by atoms with van der Waals surface area (Å²) < 4.78 is 5.08. The Hall–Kier alpha value is -1.06. The lowest BCUT2D eigenvalue weighted by Crippen LogP contribution is -3.00. The molecule has 21 heavy (non-hydrogen) atoms. The van der Waals surface area contributed by atoms with Gasteiger partial charge < -0.3 is 17.1 Å². The molecule has 1 aromatic rings. The lowest BCUT2D eigenvalue weighted by atomic mass is 9.69. The number of esters is 1. The van der Waals surface area contributed by atoms with Crippen LogP contribution in [-0.2, 0) is 21.5 Å². The maximum atomic E-state index is 12.4. The topological polar surface area (TPSA) is 38.3 Å². The Morgan fingerprint density at radius 1 is 1.19 bits per heavy atom. The lowest BCUT2D eigenvalue weighted by molar-refractivity contribution is -0.150. The van der Waals surface area contributed by atoms with E-state index in [9.17, 15) is 4.79 Å². The molecule has 0 bridgehead atoms. The lowest BCUT2D eigenvalue weighted by Gasteiger charge is -2.49. The van der Waals surface area contributed by atoms with E-state index in [0.717, 1.165) is 24.8 Å². The number of ether oxygens (including phenoxy) is 1. The third-order valence-corrected chi connectivity index (χ3v) is 5.00. The van der Waals surface area contributed by atoms with Gasteiger partial charge in [-0.25, -0.2) is 4.79 Å². The molecule has 1 fully saturated rings. The van der Waals surface area contributed by atoms with Crippen molar-refractivity contribution < 1.29 is 21.9 Å². The van der Waals surface area contributed by atoms with Crippen LogP contribution >= 0.6 is 0 Å². The second kappa shape index (κ2) is 5.98. The summed E-state index contributed by atoms with van der Waals surface area (Å²) in [4.78, 5) is 12.4. The Bertz CT molecular complexity index is 525. The van der Waals surface area contributed by atoms with E-state index in [-0.39, 0.29) is 23.9 Å². The molecule has 1 heterocycles. The molecule has 0 radical (unpaired) electrons. The standard InChI is InChI=1S/C17H23NO2.ClH/c1-16(15(19)20-2)14-9-5-4-8-13(14)12-17(18-16)10-6-3-7-11-17;/h4-5,8-9,18H,3,6-7,10-12H2,1-2H3;1H/p-1. The number of fused-ring (bicyclic) bond motifs is 1. The third kappa shape index (κ3) is 2.69. The van der Waals surface area contributed by atoms with Crippen molar-refractivity contribution >= 4 is 5.97 Å². The van der Waals surface area contributed by atoms with Gasteiger partial charge in [0.05, 0.1) is 7.11 Å². The minimum atomic E-state index is -0.721. The average Bonchev–Trinajstić information content (AvgIpc) is 2.47. The van der Waals surface area contributed by atoms with E-state index in [4.69, 9.17) is 4.74 Å². The van der Waals surface area contributed by atoms with Crippen molar-refractivity contribution in [3.8, 4) is 0 Å². The highest BCUT2D eigenvalue weighted by Crippen LogP contribution is 2.41. The summed E-state index contributed by atoms with van der Waals surface area (Å²) in [6, 6.07) is 8.28. The molecule has 4 heteroatoms. The molecule has 1 spiro atoms. The smallest absolute Gasteiger partial charge is 0.330 e. The molecule has 1 aliphatic carbocycles. The first-order valence-corrected chi connectivity index (χ1v) is 7.56. The number of rotatable bonds is 1. The quantitative estimate of drug-likeness (QED) is 0.738. The highest BCUT2D eigenvalue weighted by molar-refractivity contribution is 5.83. The van der Waals surface area contributed by atoms with E-state index >= 15 is 0 Å². The molecule has 116 valence electrons. The fraction of sp³-hybridized carbons (Fsp3) is 0.588. The SMILES string of the molecule is COC(=O)C1(C)NC2(CCCCC2)Cc2ccccc21.[Cl-]. The summed E-state index contributed by atoms with van der Waals surface area (Å²) in [7, 11) is 1.47. The van der Waals surface area contributed by atoms with Crippen LogP contribution in [0.25, 0.3) is 0 Å². The van der Waals surface area contributed by atoms with Crippen LogP contribution in [-0.4, -0.2) is 18.6 Å². The van der Waals surface area contributed by atoms with Crippen LogP contribution in [0.2, 0.25) is 0 Å². The van der Waals surface area contributed by atoms with Crippen molar-refractivity contribution in [1.29, 1.82) is 0 Å². The number of hydrogen-bond donors (Lipinski definition) is 1. The van der Waals surface area contributed by atoms with Crippen LogP contribution in [0.15, 0.2) is 24.3 Å². The van der Waals surface area contributed by atoms with Crippen LogP contribution in [0.4, 0.5) is 0 Å². The number of carbonyl (C=O) groups is 1. The normalized spacial score (nSPS) is 26.6. The molecule has 3 rings (SSSR count). The molecular formula is C17H23ClNO2-. The maximum absolute atomic E-state index is 12.4. The first-order valence-electron chi connectivity index (χ1n) is 7.56. The number of carbonyl (C=O) groups excluding carboxylic acids is 1. The predicted molar refractivity (Wildman–Crippen MR) is 78.5 cm³/mol. The van der Waals surface area contributed by atoms with E-state index in [1.54, 1.807) is 0 Å². The Morgan fingerprint density at radius 3 is 2.52 bits per heavy atom. The minimum Gasteiger partial charge on any atom is -1.00 e. The molecule has 3 nitrogen and oxygen atoms in total. The fourth-order valence-corrected chi connectivity index (χ4v) is 4.06. The Balaban J connectivity index is 0.00000161. The van der Waals surface area contributed by atoms with Gasteiger partial charge in [0, 0.05) is 5.54 Å². The zero-order chi connectivity index (χ0) is 14.2. The van der Waals surface area contributed by atoms with Crippen molar-refractivity contribution in [3.05, 3.63) is 35.4 Å². The fourth-order valence-electron chi connectivity index (χ4n) is 4.06. The number of nitrogens with one attached hydrogen (secondary N) is 1. The molecule has 0 saturated heterocycles. The summed E-state index contributed by atoms with van der Waals surface area (Å²) in [5.41, 5.74) is 1.71. The van der Waals surface area contributed by atoms with Gasteiger partial charge in [-0.1, -0.05) is 43.5 Å². The highest BCUT2D eigenvalue weighted by atomic mass is 35.5. The molecule has 1 saturated carbocycles. The van der Waals surface area contributed by atoms with Crippen LogP contribution in [0, 0.1) is 0 Å². The van der Waals surface area contributed by atoms with Crippen LogP contribution in [0.5, 0.6) is 0 Å². The largest absolute Gasteiger partial charge is 1.00 e. The molecule has 2 aliphatic rings. The Kier molecular flexibility index (Phi) is 4.64. The minimum absolute atomic E-state index is 0. The number of hydrogen-bond acceptors (Lipinski definition) is 3. The molecule has 1 atom stereocenters. The average molecular weight is 309 g/mol. The molecule has 1 aliphatic heterocycles. The van der Waals surface area contributed by atoms with Gasteiger partial charge in [-0.2, -0.15) is 0 Å². The summed E-state index contributed by atoms with van der Waals surface area (Å²) in [6.45, 7) is 1.97. The monoisotopic (exact) mass is 308 g/mol. The van der Waals surface area contributed by atoms with Gasteiger partial charge in [0.1, 0.15) is 5.54 Å². The van der Waals surface area contributed by atoms with E-state index in [0.29, 0.717) is 0 Å². The molecule has 1 N–H and O–H groups in total. The summed E-state index contributed by atoms with van der Waals surface area (Å²) in [6.07, 6.45) is 7.11. The predicted octanol–water partition coefficient (Wildman–Crippen LogP) is -0.0726. The van der Waals surface area contributed by atoms with Crippen molar-refractivity contribution in [1.82, 2.24) is 5.32 Å². The molecule has 1 aromatic carbocycles.